The minimum Gasteiger partial charge on any atom is -0.491 e. The Morgan fingerprint density at radius 1 is 1.20 bits per heavy atom. The third-order valence-corrected chi connectivity index (χ3v) is 5.68. The Balaban J connectivity index is 1.50. The van der Waals surface area contributed by atoms with Gasteiger partial charge in [-0.15, -0.1) is 0 Å². The molecule has 1 aromatic heterocycles. The summed E-state index contributed by atoms with van der Waals surface area (Å²) in [6.45, 7) is 5.51. The maximum absolute atomic E-state index is 6.50. The molecule has 30 heavy (non-hydrogen) atoms. The number of rotatable bonds is 7. The first kappa shape index (κ1) is 21.2. The monoisotopic (exact) mass is 446 g/mol. The number of benzene rings is 2. The molecule has 0 amide bonds. The Hall–Kier alpha value is -2.05. The van der Waals surface area contributed by atoms with Crippen LogP contribution in [0, 0.1) is 0 Å². The van der Waals surface area contributed by atoms with Gasteiger partial charge < -0.3 is 18.8 Å². The van der Waals surface area contributed by atoms with Crippen LogP contribution in [0.15, 0.2) is 61.2 Å². The first-order valence-corrected chi connectivity index (χ1v) is 10.7. The molecule has 1 aliphatic rings. The van der Waals surface area contributed by atoms with E-state index in [0.717, 1.165) is 11.3 Å². The highest BCUT2D eigenvalue weighted by atomic mass is 35.5. The summed E-state index contributed by atoms with van der Waals surface area (Å²) < 4.78 is 20.4. The lowest BCUT2D eigenvalue weighted by Crippen LogP contribution is -2.34. The van der Waals surface area contributed by atoms with Gasteiger partial charge in [-0.05, 0) is 35.7 Å². The van der Waals surface area contributed by atoms with Crippen molar-refractivity contribution in [2.45, 2.75) is 38.2 Å². The SMILES string of the molecule is CC(C)c1ccc(OCC2COC(Cn3ccnc3)(c3ccc(Cl)cc3Cl)O2)cc1. The third kappa shape index (κ3) is 4.65. The van der Waals surface area contributed by atoms with E-state index in [1.54, 1.807) is 24.7 Å². The van der Waals surface area contributed by atoms with Gasteiger partial charge in [0.15, 0.2) is 0 Å². The van der Waals surface area contributed by atoms with Crippen LogP contribution in [-0.4, -0.2) is 28.9 Å². The molecule has 0 aliphatic carbocycles. The average Bonchev–Trinajstić information content (AvgIpc) is 3.37. The molecule has 1 saturated heterocycles. The van der Waals surface area contributed by atoms with E-state index in [0.29, 0.717) is 35.7 Å². The zero-order valence-corrected chi connectivity index (χ0v) is 18.4. The number of hydrogen-bond acceptors (Lipinski definition) is 4. The molecule has 0 spiro atoms. The fourth-order valence-electron chi connectivity index (χ4n) is 3.51. The van der Waals surface area contributed by atoms with Crippen LogP contribution in [0.25, 0.3) is 0 Å². The summed E-state index contributed by atoms with van der Waals surface area (Å²) in [5.74, 6) is 0.246. The minimum atomic E-state index is -1.04. The number of imidazole rings is 1. The van der Waals surface area contributed by atoms with E-state index in [4.69, 9.17) is 37.4 Å². The van der Waals surface area contributed by atoms with Gasteiger partial charge in [0, 0.05) is 23.0 Å². The Morgan fingerprint density at radius 2 is 2.00 bits per heavy atom. The fraction of sp³-hybridized carbons (Fsp3) is 0.348. The third-order valence-electron chi connectivity index (χ3n) is 5.13. The molecule has 3 aromatic rings. The van der Waals surface area contributed by atoms with Gasteiger partial charge in [-0.25, -0.2) is 4.98 Å². The minimum absolute atomic E-state index is 0.245. The van der Waals surface area contributed by atoms with Crippen LogP contribution >= 0.6 is 23.2 Å². The molecule has 2 aromatic carbocycles. The van der Waals surface area contributed by atoms with E-state index in [1.807, 2.05) is 29.0 Å². The molecular weight excluding hydrogens is 423 g/mol. The first-order valence-electron chi connectivity index (χ1n) is 9.91. The van der Waals surface area contributed by atoms with Crippen LogP contribution in [-0.2, 0) is 21.8 Å². The molecule has 0 radical (unpaired) electrons. The summed E-state index contributed by atoms with van der Waals surface area (Å²) in [4.78, 5) is 4.11. The fourth-order valence-corrected chi connectivity index (χ4v) is 4.07. The van der Waals surface area contributed by atoms with E-state index < -0.39 is 5.79 Å². The van der Waals surface area contributed by atoms with Gasteiger partial charge in [-0.3, -0.25) is 0 Å². The van der Waals surface area contributed by atoms with Crippen molar-refractivity contribution >= 4 is 23.2 Å². The van der Waals surface area contributed by atoms with Crippen molar-refractivity contribution in [3.8, 4) is 5.75 Å². The molecular formula is C23H24Cl2N2O3. The van der Waals surface area contributed by atoms with Crippen LogP contribution in [0.4, 0.5) is 0 Å². The summed E-state index contributed by atoms with van der Waals surface area (Å²) in [6, 6.07) is 13.5. The van der Waals surface area contributed by atoms with Gasteiger partial charge in [0.1, 0.15) is 18.5 Å². The van der Waals surface area contributed by atoms with Gasteiger partial charge in [-0.1, -0.05) is 55.2 Å². The van der Waals surface area contributed by atoms with Crippen LogP contribution < -0.4 is 4.74 Å². The van der Waals surface area contributed by atoms with Crippen molar-refractivity contribution in [3.05, 3.63) is 82.4 Å². The van der Waals surface area contributed by atoms with Crippen molar-refractivity contribution in [1.82, 2.24) is 9.55 Å². The maximum atomic E-state index is 6.50. The molecule has 2 heterocycles. The van der Waals surface area contributed by atoms with Gasteiger partial charge in [-0.2, -0.15) is 0 Å². The summed E-state index contributed by atoms with van der Waals surface area (Å²) in [5, 5.41) is 1.05. The summed E-state index contributed by atoms with van der Waals surface area (Å²) in [6.07, 6.45) is 5.05. The van der Waals surface area contributed by atoms with E-state index in [2.05, 4.69) is 31.0 Å². The molecule has 1 aliphatic heterocycles. The molecule has 7 heteroatoms. The predicted molar refractivity (Wildman–Crippen MR) is 117 cm³/mol. The largest absolute Gasteiger partial charge is 0.491 e. The Labute approximate surface area is 186 Å². The first-order chi connectivity index (χ1) is 14.4. The van der Waals surface area contributed by atoms with Crippen LogP contribution in [0.1, 0.15) is 30.9 Å². The van der Waals surface area contributed by atoms with Gasteiger partial charge in [0.2, 0.25) is 5.79 Å². The van der Waals surface area contributed by atoms with Crippen molar-refractivity contribution in [3.63, 3.8) is 0 Å². The van der Waals surface area contributed by atoms with Gasteiger partial charge in [0.25, 0.3) is 0 Å². The second-order valence-electron chi connectivity index (χ2n) is 7.70. The second kappa shape index (κ2) is 8.98. The van der Waals surface area contributed by atoms with Crippen LogP contribution in [0.3, 0.4) is 0 Å². The average molecular weight is 447 g/mol. The second-order valence-corrected chi connectivity index (χ2v) is 8.54. The Morgan fingerprint density at radius 3 is 2.67 bits per heavy atom. The highest BCUT2D eigenvalue weighted by molar-refractivity contribution is 6.35. The normalized spacial score (nSPS) is 21.3. The zero-order chi connectivity index (χ0) is 21.1. The highest BCUT2D eigenvalue weighted by Gasteiger charge is 2.45. The van der Waals surface area contributed by atoms with E-state index in [-0.39, 0.29) is 6.10 Å². The number of aromatic nitrogens is 2. The molecule has 0 bridgehead atoms. The molecule has 4 rings (SSSR count). The summed E-state index contributed by atoms with van der Waals surface area (Å²) >= 11 is 12.6. The van der Waals surface area contributed by atoms with E-state index in [9.17, 15) is 0 Å². The smallest absolute Gasteiger partial charge is 0.215 e. The Kier molecular flexibility index (Phi) is 6.34. The Bertz CT molecular complexity index is 977. The summed E-state index contributed by atoms with van der Waals surface area (Å²) in [5.41, 5.74) is 2.01. The maximum Gasteiger partial charge on any atom is 0.215 e. The number of ether oxygens (including phenoxy) is 3. The van der Waals surface area contributed by atoms with E-state index in [1.165, 1.54) is 5.56 Å². The lowest BCUT2D eigenvalue weighted by Gasteiger charge is -2.30. The topological polar surface area (TPSA) is 45.5 Å². The van der Waals surface area contributed by atoms with Crippen molar-refractivity contribution < 1.29 is 14.2 Å². The molecule has 1 fully saturated rings. The van der Waals surface area contributed by atoms with Gasteiger partial charge in [0.05, 0.1) is 24.5 Å². The van der Waals surface area contributed by atoms with Crippen molar-refractivity contribution in [1.29, 1.82) is 0 Å². The quantitative estimate of drug-likeness (QED) is 0.469. The lowest BCUT2D eigenvalue weighted by molar-refractivity contribution is -0.189. The predicted octanol–water partition coefficient (Wildman–Crippen LogP) is 5.66. The van der Waals surface area contributed by atoms with Crippen LogP contribution in [0.2, 0.25) is 10.0 Å². The van der Waals surface area contributed by atoms with Crippen molar-refractivity contribution in [2.24, 2.45) is 0 Å². The number of nitrogens with zero attached hydrogens (tertiary/aromatic N) is 2. The standard InChI is InChI=1S/C23H24Cl2N2O3/c1-16(2)17-3-6-19(7-4-17)28-12-20-13-29-23(30-20,14-27-10-9-26-15-27)21-8-5-18(24)11-22(21)25/h3-11,15-16,20H,12-14H2,1-2H3. The molecule has 5 nitrogen and oxygen atoms in total. The van der Waals surface area contributed by atoms with Crippen molar-refractivity contribution in [2.75, 3.05) is 13.2 Å². The number of halogens is 2. The summed E-state index contributed by atoms with van der Waals surface area (Å²) in [7, 11) is 0. The molecule has 2 atom stereocenters. The van der Waals surface area contributed by atoms with E-state index >= 15 is 0 Å². The number of hydrogen-bond donors (Lipinski definition) is 0. The zero-order valence-electron chi connectivity index (χ0n) is 16.9. The lowest BCUT2D eigenvalue weighted by atomic mass is 10.0. The van der Waals surface area contributed by atoms with Gasteiger partial charge >= 0.3 is 0 Å². The molecule has 2 unspecified atom stereocenters. The molecule has 0 N–H and O–H groups in total. The highest BCUT2D eigenvalue weighted by Crippen LogP contribution is 2.40. The molecule has 0 saturated carbocycles. The molecule has 158 valence electrons. The van der Waals surface area contributed by atoms with Crippen LogP contribution in [0.5, 0.6) is 5.75 Å².